The van der Waals surface area contributed by atoms with Gasteiger partial charge in [0.05, 0.1) is 6.61 Å². The zero-order valence-electron chi connectivity index (χ0n) is 12.4. The summed E-state index contributed by atoms with van der Waals surface area (Å²) in [6, 6.07) is 3.12. The molecule has 7 nitrogen and oxygen atoms in total. The number of urea groups is 1. The lowest BCUT2D eigenvalue weighted by atomic mass is 10.2. The van der Waals surface area contributed by atoms with Crippen LogP contribution in [0.15, 0.2) is 24.4 Å². The third kappa shape index (κ3) is 4.55. The number of anilines is 1. The second-order valence-electron chi connectivity index (χ2n) is 4.13. The number of amides is 2. The molecular formula is C13H16F3N3O4. The quantitative estimate of drug-likeness (QED) is 0.613. The number of aromatic nitrogens is 1. The molecule has 1 aromatic heterocycles. The van der Waals surface area contributed by atoms with Crippen molar-refractivity contribution in [1.82, 2.24) is 10.3 Å². The highest BCUT2D eigenvalue weighted by Crippen LogP contribution is 2.33. The molecule has 0 radical (unpaired) electrons. The van der Waals surface area contributed by atoms with E-state index in [1.54, 1.807) is 6.07 Å². The van der Waals surface area contributed by atoms with Crippen LogP contribution in [0.1, 0.15) is 13.8 Å². The van der Waals surface area contributed by atoms with Gasteiger partial charge in [-0.3, -0.25) is 10.6 Å². The van der Waals surface area contributed by atoms with Gasteiger partial charge in [-0.25, -0.2) is 14.6 Å². The number of carbonyl (C=O) groups is 2. The highest BCUT2D eigenvalue weighted by Gasteiger charge is 2.64. The van der Waals surface area contributed by atoms with Gasteiger partial charge in [-0.2, -0.15) is 13.2 Å². The Morgan fingerprint density at radius 3 is 2.39 bits per heavy atom. The largest absolute Gasteiger partial charge is 0.462 e. The minimum Gasteiger partial charge on any atom is -0.462 e. The van der Waals surface area contributed by atoms with E-state index >= 15 is 0 Å². The summed E-state index contributed by atoms with van der Waals surface area (Å²) in [6.07, 6.45) is -3.89. The van der Waals surface area contributed by atoms with Gasteiger partial charge in [-0.05, 0) is 26.0 Å². The molecule has 0 aliphatic carbocycles. The van der Waals surface area contributed by atoms with E-state index in [4.69, 9.17) is 0 Å². The normalized spacial score (nSPS) is 13.8. The summed E-state index contributed by atoms with van der Waals surface area (Å²) in [4.78, 5) is 27.3. The molecule has 1 aromatic rings. The van der Waals surface area contributed by atoms with Crippen LogP contribution in [0.3, 0.4) is 0 Å². The minimum absolute atomic E-state index is 0.00133. The molecule has 0 unspecified atom stereocenters. The van der Waals surface area contributed by atoms with Crippen LogP contribution in [0.25, 0.3) is 0 Å². The Hall–Kier alpha value is -2.36. The van der Waals surface area contributed by atoms with Crippen LogP contribution in [0.5, 0.6) is 0 Å². The van der Waals surface area contributed by atoms with Gasteiger partial charge >= 0.3 is 23.9 Å². The number of hydrogen-bond donors (Lipinski definition) is 2. The van der Waals surface area contributed by atoms with Gasteiger partial charge in [0.2, 0.25) is 0 Å². The lowest BCUT2D eigenvalue weighted by molar-refractivity contribution is -0.282. The fraction of sp³-hybridized carbons (Fsp3) is 0.462. The van der Waals surface area contributed by atoms with Crippen molar-refractivity contribution in [3.63, 3.8) is 0 Å². The molecule has 23 heavy (non-hydrogen) atoms. The third-order valence-electron chi connectivity index (χ3n) is 2.52. The van der Waals surface area contributed by atoms with E-state index in [-0.39, 0.29) is 12.4 Å². The number of carbonyl (C=O) groups excluding carboxylic acids is 2. The lowest BCUT2D eigenvalue weighted by Crippen LogP contribution is -2.67. The van der Waals surface area contributed by atoms with Crippen LogP contribution in [0, 0.1) is 0 Å². The van der Waals surface area contributed by atoms with Crippen molar-refractivity contribution < 1.29 is 32.2 Å². The van der Waals surface area contributed by atoms with Crippen molar-refractivity contribution in [3.05, 3.63) is 24.4 Å². The topological polar surface area (TPSA) is 89.5 Å². The number of alkyl halides is 3. The minimum atomic E-state index is -5.23. The Bertz CT molecular complexity index is 539. The number of nitrogens with one attached hydrogen (secondary N) is 2. The van der Waals surface area contributed by atoms with Crippen molar-refractivity contribution in [3.8, 4) is 0 Å². The summed E-state index contributed by atoms with van der Waals surface area (Å²) >= 11 is 0. The fourth-order valence-electron chi connectivity index (χ4n) is 1.61. The van der Waals surface area contributed by atoms with Gasteiger partial charge < -0.3 is 9.47 Å². The summed E-state index contributed by atoms with van der Waals surface area (Å²) in [6.45, 7) is 1.78. The third-order valence-corrected chi connectivity index (χ3v) is 2.52. The van der Waals surface area contributed by atoms with Crippen LogP contribution in [0.2, 0.25) is 0 Å². The number of esters is 1. The average Bonchev–Trinajstić information content (AvgIpc) is 2.46. The van der Waals surface area contributed by atoms with Crippen molar-refractivity contribution in [1.29, 1.82) is 0 Å². The summed E-state index contributed by atoms with van der Waals surface area (Å²) in [5, 5.41) is 3.57. The van der Waals surface area contributed by atoms with Gasteiger partial charge in [0.15, 0.2) is 0 Å². The monoisotopic (exact) mass is 335 g/mol. The molecule has 2 N–H and O–H groups in total. The van der Waals surface area contributed by atoms with E-state index in [0.29, 0.717) is 0 Å². The molecule has 0 fully saturated rings. The molecule has 1 atom stereocenters. The van der Waals surface area contributed by atoms with Gasteiger partial charge in [-0.15, -0.1) is 0 Å². The van der Waals surface area contributed by atoms with Gasteiger partial charge in [0.25, 0.3) is 0 Å². The Morgan fingerprint density at radius 2 is 1.91 bits per heavy atom. The summed E-state index contributed by atoms with van der Waals surface area (Å²) < 4.78 is 49.0. The maximum atomic E-state index is 13.4. The van der Waals surface area contributed by atoms with E-state index in [1.807, 2.05) is 0 Å². The molecule has 0 aliphatic heterocycles. The summed E-state index contributed by atoms with van der Waals surface area (Å²) in [5.74, 6) is -1.76. The number of halogens is 3. The molecule has 0 aliphatic rings. The zero-order chi connectivity index (χ0) is 17.5. The van der Waals surface area contributed by atoms with Crippen LogP contribution in [0.4, 0.5) is 23.8 Å². The number of nitrogens with zero attached hydrogens (tertiary/aromatic N) is 1. The molecule has 0 saturated heterocycles. The van der Waals surface area contributed by atoms with Crippen molar-refractivity contribution in [2.24, 2.45) is 0 Å². The molecule has 1 rings (SSSR count). The lowest BCUT2D eigenvalue weighted by Gasteiger charge is -2.33. The SMILES string of the molecule is CCOC(=O)[C@](NC(=O)Nc1ccccn1)(OCC)C(F)(F)F. The molecule has 1 heterocycles. The van der Waals surface area contributed by atoms with Crippen LogP contribution < -0.4 is 10.6 Å². The first-order valence-electron chi connectivity index (χ1n) is 6.65. The average molecular weight is 335 g/mol. The van der Waals surface area contributed by atoms with Crippen molar-refractivity contribution in [2.75, 3.05) is 18.5 Å². The molecule has 10 heteroatoms. The van der Waals surface area contributed by atoms with Crippen LogP contribution in [-0.2, 0) is 14.3 Å². The van der Waals surface area contributed by atoms with Gasteiger partial charge in [-0.1, -0.05) is 6.07 Å². The summed E-state index contributed by atoms with van der Waals surface area (Å²) in [5.41, 5.74) is -3.60. The first kappa shape index (κ1) is 18.7. The highest BCUT2D eigenvalue weighted by molar-refractivity contribution is 5.93. The zero-order valence-corrected chi connectivity index (χ0v) is 12.4. The fourth-order valence-corrected chi connectivity index (χ4v) is 1.61. The Kier molecular flexibility index (Phi) is 6.31. The maximum absolute atomic E-state index is 13.4. The standard InChI is InChI=1S/C13H16F3N3O4/c1-3-22-10(20)12(23-4-2,13(14,15)16)19-11(21)18-9-7-5-6-8-17-9/h5-8H,3-4H2,1-2H3,(H2,17,18,19,21)/t12-/m0/s1. The smallest absolute Gasteiger partial charge is 0.448 e. The first-order chi connectivity index (χ1) is 10.8. The highest BCUT2D eigenvalue weighted by atomic mass is 19.4. The van der Waals surface area contributed by atoms with E-state index in [9.17, 15) is 22.8 Å². The number of rotatable bonds is 6. The molecule has 0 aromatic carbocycles. The Labute approximate surface area is 130 Å². The Morgan fingerprint density at radius 1 is 1.22 bits per heavy atom. The molecule has 0 saturated carbocycles. The number of pyridine rings is 1. The summed E-state index contributed by atoms with van der Waals surface area (Å²) in [7, 11) is 0. The van der Waals surface area contributed by atoms with Gasteiger partial charge in [0.1, 0.15) is 5.82 Å². The maximum Gasteiger partial charge on any atom is 0.448 e. The van der Waals surface area contributed by atoms with Crippen LogP contribution in [-0.4, -0.2) is 42.1 Å². The molecule has 128 valence electrons. The van der Waals surface area contributed by atoms with Crippen LogP contribution >= 0.6 is 0 Å². The van der Waals surface area contributed by atoms with E-state index in [0.717, 1.165) is 0 Å². The van der Waals surface area contributed by atoms with Crippen molar-refractivity contribution in [2.45, 2.75) is 25.7 Å². The van der Waals surface area contributed by atoms with E-state index in [1.165, 1.54) is 37.5 Å². The number of ether oxygens (including phenoxy) is 2. The first-order valence-corrected chi connectivity index (χ1v) is 6.65. The van der Waals surface area contributed by atoms with Crippen molar-refractivity contribution >= 4 is 17.8 Å². The second kappa shape index (κ2) is 7.77. The Balaban J connectivity index is 3.03. The molecule has 0 bridgehead atoms. The molecule has 2 amide bonds. The second-order valence-corrected chi connectivity index (χ2v) is 4.13. The predicted octanol–water partition coefficient (Wildman–Crippen LogP) is 2.06. The van der Waals surface area contributed by atoms with Gasteiger partial charge in [0, 0.05) is 12.8 Å². The van der Waals surface area contributed by atoms with E-state index in [2.05, 4.69) is 19.8 Å². The number of hydrogen-bond acceptors (Lipinski definition) is 5. The predicted molar refractivity (Wildman–Crippen MR) is 73.4 cm³/mol. The van der Waals surface area contributed by atoms with E-state index < -0.39 is 30.5 Å². The molecular weight excluding hydrogens is 319 g/mol. The molecule has 0 spiro atoms.